The number of ether oxygens (including phenoxy) is 2. The number of carbonyl (C=O) groups is 1. The van der Waals surface area contributed by atoms with Crippen LogP contribution in [0, 0.1) is 0 Å². The van der Waals surface area contributed by atoms with Gasteiger partial charge in [0.2, 0.25) is 5.91 Å². The van der Waals surface area contributed by atoms with E-state index in [1.807, 2.05) is 66.0 Å². The molecule has 0 aliphatic carbocycles. The molecule has 0 spiro atoms. The summed E-state index contributed by atoms with van der Waals surface area (Å²) in [6.07, 6.45) is 5.73. The van der Waals surface area contributed by atoms with Gasteiger partial charge in [-0.05, 0) is 59.7 Å². The summed E-state index contributed by atoms with van der Waals surface area (Å²) in [7, 11) is 1.63. The molecule has 0 bridgehead atoms. The number of nitrogens with one attached hydrogen (secondary N) is 1. The average molecular weight is 482 g/mol. The maximum Gasteiger partial charge on any atom is 0.220 e. The lowest BCUT2D eigenvalue weighted by Crippen LogP contribution is -2.27. The number of benzene rings is 2. The summed E-state index contributed by atoms with van der Waals surface area (Å²) in [6, 6.07) is 18.9. The molecule has 34 heavy (non-hydrogen) atoms. The number of carbonyl (C=O) groups excluding carboxylic acids is 1. The molecule has 1 heterocycles. The molecule has 0 saturated heterocycles. The zero-order valence-corrected chi connectivity index (χ0v) is 20.9. The molecule has 2 N–H and O–H groups in total. The van der Waals surface area contributed by atoms with Crippen LogP contribution in [-0.2, 0) is 10.4 Å². The Morgan fingerprint density at radius 2 is 1.62 bits per heavy atom. The minimum Gasteiger partial charge on any atom is -0.497 e. The molecule has 1 aromatic heterocycles. The zero-order valence-electron chi connectivity index (χ0n) is 20.1. The second-order valence-corrected chi connectivity index (χ2v) is 9.25. The van der Waals surface area contributed by atoms with Crippen LogP contribution in [0.15, 0.2) is 66.0 Å². The number of thiophene rings is 1. The predicted molar refractivity (Wildman–Crippen MR) is 138 cm³/mol. The Morgan fingerprint density at radius 3 is 2.21 bits per heavy atom. The van der Waals surface area contributed by atoms with Crippen molar-refractivity contribution in [1.29, 1.82) is 0 Å². The van der Waals surface area contributed by atoms with Gasteiger partial charge in [0.15, 0.2) is 0 Å². The second-order valence-electron chi connectivity index (χ2n) is 8.30. The summed E-state index contributed by atoms with van der Waals surface area (Å²) in [5.74, 6) is 1.54. The minimum absolute atomic E-state index is 0.0796. The van der Waals surface area contributed by atoms with E-state index in [0.29, 0.717) is 25.2 Å². The predicted octanol–water partition coefficient (Wildman–Crippen LogP) is 5.90. The van der Waals surface area contributed by atoms with E-state index < -0.39 is 5.60 Å². The molecule has 1 unspecified atom stereocenters. The monoisotopic (exact) mass is 481 g/mol. The van der Waals surface area contributed by atoms with Gasteiger partial charge in [0.05, 0.1) is 13.7 Å². The zero-order chi connectivity index (χ0) is 24.2. The van der Waals surface area contributed by atoms with Gasteiger partial charge in [-0.15, -0.1) is 11.3 Å². The van der Waals surface area contributed by atoms with E-state index in [9.17, 15) is 9.90 Å². The highest BCUT2D eigenvalue weighted by molar-refractivity contribution is 7.10. The van der Waals surface area contributed by atoms with Crippen LogP contribution >= 0.6 is 11.3 Å². The van der Waals surface area contributed by atoms with Crippen molar-refractivity contribution in [2.45, 2.75) is 51.0 Å². The standard InChI is InChI=1S/C28H35NO4S/c1-3-4-5-6-19-29-27(30)10-7-20-33-25-17-13-23(14-18-25)28(31,26-9-8-21-34-26)22-11-15-24(32-2)16-12-22/h8-9,11-18,21,31H,3-7,10,19-20H2,1-2H3,(H,29,30). The van der Waals surface area contributed by atoms with Crippen LogP contribution in [0.4, 0.5) is 0 Å². The van der Waals surface area contributed by atoms with Crippen molar-refractivity contribution in [2.75, 3.05) is 20.3 Å². The van der Waals surface area contributed by atoms with E-state index in [4.69, 9.17) is 9.47 Å². The molecule has 1 amide bonds. The Labute approximate surface area is 206 Å². The summed E-state index contributed by atoms with van der Waals surface area (Å²) in [4.78, 5) is 12.8. The molecule has 0 saturated carbocycles. The molecule has 0 aliphatic heterocycles. The molecule has 182 valence electrons. The molecule has 0 fully saturated rings. The number of amides is 1. The molecular weight excluding hydrogens is 446 g/mol. The first-order chi connectivity index (χ1) is 16.6. The van der Waals surface area contributed by atoms with Crippen LogP contribution in [0.25, 0.3) is 0 Å². The van der Waals surface area contributed by atoms with E-state index in [-0.39, 0.29) is 5.91 Å². The van der Waals surface area contributed by atoms with Gasteiger partial charge in [0.1, 0.15) is 17.1 Å². The van der Waals surface area contributed by atoms with Crippen molar-refractivity contribution in [3.8, 4) is 11.5 Å². The fraction of sp³-hybridized carbons (Fsp3) is 0.393. The first-order valence-electron chi connectivity index (χ1n) is 12.0. The number of hydrogen-bond acceptors (Lipinski definition) is 5. The van der Waals surface area contributed by atoms with Crippen LogP contribution in [-0.4, -0.2) is 31.3 Å². The number of aliphatic hydroxyl groups is 1. The Morgan fingerprint density at radius 1 is 0.941 bits per heavy atom. The Balaban J connectivity index is 1.57. The summed E-state index contributed by atoms with van der Waals surface area (Å²) in [5.41, 5.74) is 0.258. The summed E-state index contributed by atoms with van der Waals surface area (Å²) >= 11 is 1.51. The van der Waals surface area contributed by atoms with Crippen LogP contribution in [0.3, 0.4) is 0 Å². The first kappa shape index (κ1) is 25.8. The van der Waals surface area contributed by atoms with E-state index in [2.05, 4.69) is 12.2 Å². The van der Waals surface area contributed by atoms with E-state index in [0.717, 1.165) is 41.1 Å². The van der Waals surface area contributed by atoms with Gasteiger partial charge in [-0.1, -0.05) is 56.5 Å². The van der Waals surface area contributed by atoms with Gasteiger partial charge in [-0.25, -0.2) is 0 Å². The van der Waals surface area contributed by atoms with Gasteiger partial charge in [-0.3, -0.25) is 4.79 Å². The molecule has 1 atom stereocenters. The molecule has 0 aliphatic rings. The van der Waals surface area contributed by atoms with Crippen molar-refractivity contribution >= 4 is 17.2 Å². The molecule has 5 nitrogen and oxygen atoms in total. The molecular formula is C28H35NO4S. The summed E-state index contributed by atoms with van der Waals surface area (Å²) in [5, 5.41) is 16.8. The lowest BCUT2D eigenvalue weighted by atomic mass is 9.85. The van der Waals surface area contributed by atoms with Crippen LogP contribution in [0.1, 0.15) is 61.5 Å². The third kappa shape index (κ3) is 6.84. The topological polar surface area (TPSA) is 67.8 Å². The highest BCUT2D eigenvalue weighted by Gasteiger charge is 2.34. The van der Waals surface area contributed by atoms with Crippen molar-refractivity contribution in [2.24, 2.45) is 0 Å². The van der Waals surface area contributed by atoms with Gasteiger partial charge in [0.25, 0.3) is 0 Å². The minimum atomic E-state index is -1.27. The number of rotatable bonds is 14. The van der Waals surface area contributed by atoms with Gasteiger partial charge in [0, 0.05) is 17.8 Å². The lowest BCUT2D eigenvalue weighted by molar-refractivity contribution is -0.121. The molecule has 3 rings (SSSR count). The van der Waals surface area contributed by atoms with E-state index in [1.54, 1.807) is 7.11 Å². The Hall–Kier alpha value is -2.83. The number of unbranched alkanes of at least 4 members (excludes halogenated alkanes) is 3. The maximum absolute atomic E-state index is 11.9. The molecule has 0 radical (unpaired) electrons. The first-order valence-corrected chi connectivity index (χ1v) is 12.9. The maximum atomic E-state index is 11.9. The largest absolute Gasteiger partial charge is 0.497 e. The van der Waals surface area contributed by atoms with Crippen molar-refractivity contribution in [3.05, 3.63) is 82.0 Å². The normalized spacial score (nSPS) is 12.7. The quantitative estimate of drug-likeness (QED) is 0.282. The molecule has 6 heteroatoms. The Bertz CT molecular complexity index is 986. The van der Waals surface area contributed by atoms with Gasteiger partial charge in [-0.2, -0.15) is 0 Å². The van der Waals surface area contributed by atoms with E-state index >= 15 is 0 Å². The third-order valence-electron chi connectivity index (χ3n) is 5.83. The van der Waals surface area contributed by atoms with E-state index in [1.165, 1.54) is 24.2 Å². The van der Waals surface area contributed by atoms with Crippen LogP contribution in [0.5, 0.6) is 11.5 Å². The fourth-order valence-corrected chi connectivity index (χ4v) is 4.72. The number of methoxy groups -OCH3 is 1. The SMILES string of the molecule is CCCCCCNC(=O)CCCOc1ccc(C(O)(c2ccc(OC)cc2)c2cccs2)cc1. The molecule has 3 aromatic rings. The fourth-order valence-electron chi connectivity index (χ4n) is 3.85. The highest BCUT2D eigenvalue weighted by Crippen LogP contribution is 2.40. The van der Waals surface area contributed by atoms with Crippen molar-refractivity contribution in [3.63, 3.8) is 0 Å². The average Bonchev–Trinajstić information content (AvgIpc) is 3.42. The highest BCUT2D eigenvalue weighted by atomic mass is 32.1. The van der Waals surface area contributed by atoms with Gasteiger partial charge < -0.3 is 19.9 Å². The Kier molecular flexibility index (Phi) is 9.98. The van der Waals surface area contributed by atoms with Gasteiger partial charge >= 0.3 is 0 Å². The smallest absolute Gasteiger partial charge is 0.220 e. The molecule has 2 aromatic carbocycles. The third-order valence-corrected chi connectivity index (χ3v) is 6.81. The van der Waals surface area contributed by atoms with Crippen molar-refractivity contribution < 1.29 is 19.4 Å². The number of hydrogen-bond donors (Lipinski definition) is 2. The summed E-state index contributed by atoms with van der Waals surface area (Å²) in [6.45, 7) is 3.40. The second kappa shape index (κ2) is 13.2. The van der Waals surface area contributed by atoms with Crippen LogP contribution in [0.2, 0.25) is 0 Å². The van der Waals surface area contributed by atoms with Crippen LogP contribution < -0.4 is 14.8 Å². The summed E-state index contributed by atoms with van der Waals surface area (Å²) < 4.78 is 11.1. The van der Waals surface area contributed by atoms with Crippen molar-refractivity contribution in [1.82, 2.24) is 5.32 Å². The lowest BCUT2D eigenvalue weighted by Gasteiger charge is -2.28.